The molecule has 0 aliphatic carbocycles. The van der Waals surface area contributed by atoms with Gasteiger partial charge in [-0.25, -0.2) is 0 Å². The number of furan rings is 1. The van der Waals surface area contributed by atoms with Gasteiger partial charge in [0.15, 0.2) is 5.76 Å². The van der Waals surface area contributed by atoms with Gasteiger partial charge in [0, 0.05) is 21.5 Å². The summed E-state index contributed by atoms with van der Waals surface area (Å²) in [6.07, 6.45) is 0. The lowest BCUT2D eigenvalue weighted by atomic mass is 10.0. The van der Waals surface area contributed by atoms with Crippen LogP contribution in [0.25, 0.3) is 11.0 Å². The predicted molar refractivity (Wildman–Crippen MR) is 80.6 cm³/mol. The zero-order chi connectivity index (χ0) is 14.3. The highest BCUT2D eigenvalue weighted by atomic mass is 35.5. The molecule has 3 heteroatoms. The number of carbonyl (C=O) groups is 1. The van der Waals surface area contributed by atoms with Crippen molar-refractivity contribution in [2.24, 2.45) is 0 Å². The molecule has 0 N–H and O–H groups in total. The fourth-order valence-corrected chi connectivity index (χ4v) is 2.41. The maximum atomic E-state index is 12.5. The fraction of sp³-hybridized carbons (Fsp3) is 0.118. The van der Waals surface area contributed by atoms with Crippen molar-refractivity contribution in [3.8, 4) is 0 Å². The minimum atomic E-state index is -0.118. The van der Waals surface area contributed by atoms with E-state index in [2.05, 4.69) is 0 Å². The highest BCUT2D eigenvalue weighted by Crippen LogP contribution is 2.28. The Bertz CT molecular complexity index is 798. The van der Waals surface area contributed by atoms with Crippen molar-refractivity contribution in [1.82, 2.24) is 0 Å². The van der Waals surface area contributed by atoms with E-state index in [1.165, 1.54) is 0 Å². The Labute approximate surface area is 122 Å². The molecule has 0 saturated carbocycles. The Morgan fingerprint density at radius 2 is 1.75 bits per heavy atom. The van der Waals surface area contributed by atoms with E-state index in [1.807, 2.05) is 32.0 Å². The van der Waals surface area contributed by atoms with Crippen LogP contribution in [0.2, 0.25) is 5.02 Å². The molecule has 0 unspecified atom stereocenters. The van der Waals surface area contributed by atoms with Crippen molar-refractivity contribution < 1.29 is 9.21 Å². The maximum absolute atomic E-state index is 12.5. The molecule has 0 radical (unpaired) electrons. The zero-order valence-electron chi connectivity index (χ0n) is 11.2. The molecule has 0 aliphatic heterocycles. The lowest BCUT2D eigenvalue weighted by molar-refractivity contribution is 0.101. The smallest absolute Gasteiger partial charge is 0.228 e. The van der Waals surface area contributed by atoms with Gasteiger partial charge in [-0.1, -0.05) is 23.2 Å². The number of ketones is 1. The standard InChI is InChI=1S/C17H13ClO2/c1-10-3-8-15-14(9-10)11(2)17(20-15)16(19)12-4-6-13(18)7-5-12/h3-9H,1-2H3. The number of aryl methyl sites for hydroxylation is 2. The molecule has 0 atom stereocenters. The van der Waals surface area contributed by atoms with E-state index >= 15 is 0 Å². The topological polar surface area (TPSA) is 30.2 Å². The van der Waals surface area contributed by atoms with Crippen molar-refractivity contribution >= 4 is 28.4 Å². The van der Waals surface area contributed by atoms with Gasteiger partial charge in [0.1, 0.15) is 5.58 Å². The van der Waals surface area contributed by atoms with Crippen LogP contribution >= 0.6 is 11.6 Å². The van der Waals surface area contributed by atoms with E-state index in [0.717, 1.165) is 22.1 Å². The van der Waals surface area contributed by atoms with Crippen LogP contribution in [0.15, 0.2) is 46.9 Å². The molecular formula is C17H13ClO2. The summed E-state index contributed by atoms with van der Waals surface area (Å²) in [6.45, 7) is 3.93. The first-order chi connectivity index (χ1) is 9.56. The SMILES string of the molecule is Cc1ccc2oc(C(=O)c3ccc(Cl)cc3)c(C)c2c1. The fourth-order valence-electron chi connectivity index (χ4n) is 2.28. The summed E-state index contributed by atoms with van der Waals surface area (Å²) in [5.74, 6) is 0.279. The quantitative estimate of drug-likeness (QED) is 0.624. The summed E-state index contributed by atoms with van der Waals surface area (Å²) >= 11 is 5.84. The number of fused-ring (bicyclic) bond motifs is 1. The van der Waals surface area contributed by atoms with Gasteiger partial charge in [-0.3, -0.25) is 4.79 Å². The number of hydrogen-bond acceptors (Lipinski definition) is 2. The first-order valence-corrected chi connectivity index (χ1v) is 6.74. The average Bonchev–Trinajstić information content (AvgIpc) is 2.76. The van der Waals surface area contributed by atoms with Crippen LogP contribution in [-0.2, 0) is 0 Å². The van der Waals surface area contributed by atoms with Crippen molar-refractivity contribution in [3.63, 3.8) is 0 Å². The van der Waals surface area contributed by atoms with Crippen LogP contribution in [0.5, 0.6) is 0 Å². The van der Waals surface area contributed by atoms with E-state index in [1.54, 1.807) is 24.3 Å². The van der Waals surface area contributed by atoms with Gasteiger partial charge in [-0.2, -0.15) is 0 Å². The molecule has 0 spiro atoms. The number of carbonyl (C=O) groups excluding carboxylic acids is 1. The molecule has 0 bridgehead atoms. The van der Waals surface area contributed by atoms with Gasteiger partial charge >= 0.3 is 0 Å². The van der Waals surface area contributed by atoms with Crippen LogP contribution < -0.4 is 0 Å². The van der Waals surface area contributed by atoms with Gasteiger partial charge in [0.25, 0.3) is 0 Å². The first-order valence-electron chi connectivity index (χ1n) is 6.36. The number of halogens is 1. The molecule has 0 fully saturated rings. The predicted octanol–water partition coefficient (Wildman–Crippen LogP) is 4.93. The van der Waals surface area contributed by atoms with Crippen LogP contribution in [0.1, 0.15) is 27.2 Å². The Morgan fingerprint density at radius 3 is 2.45 bits per heavy atom. The third-order valence-electron chi connectivity index (χ3n) is 3.40. The molecule has 20 heavy (non-hydrogen) atoms. The molecule has 2 aromatic carbocycles. The largest absolute Gasteiger partial charge is 0.452 e. The molecule has 3 aromatic rings. The summed E-state index contributed by atoms with van der Waals surface area (Å²) in [5, 5.41) is 1.60. The summed E-state index contributed by atoms with van der Waals surface area (Å²) in [6, 6.07) is 12.7. The normalized spacial score (nSPS) is 10.9. The second-order valence-electron chi connectivity index (χ2n) is 4.89. The van der Waals surface area contributed by atoms with E-state index in [0.29, 0.717) is 16.3 Å². The van der Waals surface area contributed by atoms with Crippen LogP contribution in [0, 0.1) is 13.8 Å². The lowest BCUT2D eigenvalue weighted by Crippen LogP contribution is -2.01. The summed E-state index contributed by atoms with van der Waals surface area (Å²) in [5.41, 5.74) is 3.34. The number of rotatable bonds is 2. The Balaban J connectivity index is 2.12. The minimum absolute atomic E-state index is 0.118. The van der Waals surface area contributed by atoms with Gasteiger partial charge in [0.05, 0.1) is 0 Å². The van der Waals surface area contributed by atoms with Crippen molar-refractivity contribution in [3.05, 3.63) is 69.9 Å². The van der Waals surface area contributed by atoms with Crippen LogP contribution in [0.3, 0.4) is 0 Å². The van der Waals surface area contributed by atoms with E-state index in [-0.39, 0.29) is 5.78 Å². The third-order valence-corrected chi connectivity index (χ3v) is 3.66. The van der Waals surface area contributed by atoms with Gasteiger partial charge in [0.2, 0.25) is 5.78 Å². The number of hydrogen-bond donors (Lipinski definition) is 0. The Kier molecular flexibility index (Phi) is 3.11. The minimum Gasteiger partial charge on any atom is -0.452 e. The molecule has 0 aliphatic rings. The third kappa shape index (κ3) is 2.12. The highest BCUT2D eigenvalue weighted by molar-refractivity contribution is 6.30. The van der Waals surface area contributed by atoms with Crippen molar-refractivity contribution in [1.29, 1.82) is 0 Å². The molecule has 100 valence electrons. The Hall–Kier alpha value is -2.06. The molecule has 3 rings (SSSR count). The molecule has 0 saturated heterocycles. The lowest BCUT2D eigenvalue weighted by Gasteiger charge is -1.99. The van der Waals surface area contributed by atoms with E-state index in [4.69, 9.17) is 16.0 Å². The van der Waals surface area contributed by atoms with Crippen molar-refractivity contribution in [2.45, 2.75) is 13.8 Å². The zero-order valence-corrected chi connectivity index (χ0v) is 12.0. The first kappa shape index (κ1) is 12.9. The number of benzene rings is 2. The monoisotopic (exact) mass is 284 g/mol. The summed E-state index contributed by atoms with van der Waals surface area (Å²) < 4.78 is 5.72. The molecular weight excluding hydrogens is 272 g/mol. The maximum Gasteiger partial charge on any atom is 0.228 e. The van der Waals surface area contributed by atoms with Gasteiger partial charge in [-0.05, 0) is 50.2 Å². The van der Waals surface area contributed by atoms with Crippen molar-refractivity contribution in [2.75, 3.05) is 0 Å². The van der Waals surface area contributed by atoms with E-state index in [9.17, 15) is 4.79 Å². The molecule has 0 amide bonds. The average molecular weight is 285 g/mol. The second-order valence-corrected chi connectivity index (χ2v) is 5.33. The van der Waals surface area contributed by atoms with Gasteiger partial charge < -0.3 is 4.42 Å². The molecule has 1 heterocycles. The van der Waals surface area contributed by atoms with Gasteiger partial charge in [-0.15, -0.1) is 0 Å². The van der Waals surface area contributed by atoms with E-state index < -0.39 is 0 Å². The molecule has 1 aromatic heterocycles. The second kappa shape index (κ2) is 4.80. The summed E-state index contributed by atoms with van der Waals surface area (Å²) in [7, 11) is 0. The molecule has 2 nitrogen and oxygen atoms in total. The highest BCUT2D eigenvalue weighted by Gasteiger charge is 2.19. The Morgan fingerprint density at radius 1 is 1.05 bits per heavy atom. The van der Waals surface area contributed by atoms with Crippen LogP contribution in [0.4, 0.5) is 0 Å². The van der Waals surface area contributed by atoms with Crippen LogP contribution in [-0.4, -0.2) is 5.78 Å². The summed E-state index contributed by atoms with van der Waals surface area (Å²) in [4.78, 5) is 12.5.